The number of carbonyl (C=O) groups is 2. The lowest BCUT2D eigenvalue weighted by Gasteiger charge is -2.08. The summed E-state index contributed by atoms with van der Waals surface area (Å²) in [5.74, 6) is -1.17. The number of halogens is 1. The van der Waals surface area contributed by atoms with Gasteiger partial charge in [0.1, 0.15) is 11.1 Å². The SMILES string of the molecule is O=C(C[C@@H]1SC(=NCCc2ccccc2)NC1=O)Nc1ccccc1F. The summed E-state index contributed by atoms with van der Waals surface area (Å²) in [4.78, 5) is 28.4. The molecular weight excluding hydrogens is 353 g/mol. The van der Waals surface area contributed by atoms with Gasteiger partial charge in [0.25, 0.3) is 0 Å². The molecule has 1 fully saturated rings. The number of rotatable bonds is 6. The Morgan fingerprint density at radius 1 is 1.15 bits per heavy atom. The first-order valence-electron chi connectivity index (χ1n) is 8.22. The van der Waals surface area contributed by atoms with Crippen LogP contribution in [-0.2, 0) is 16.0 Å². The highest BCUT2D eigenvalue weighted by Gasteiger charge is 2.32. The molecule has 0 aliphatic carbocycles. The van der Waals surface area contributed by atoms with Crippen molar-refractivity contribution in [2.75, 3.05) is 11.9 Å². The van der Waals surface area contributed by atoms with Crippen LogP contribution in [0.15, 0.2) is 59.6 Å². The Kier molecular flexibility index (Phi) is 6.01. The first kappa shape index (κ1) is 18.1. The third-order valence-electron chi connectivity index (χ3n) is 3.79. The second-order valence-electron chi connectivity index (χ2n) is 5.75. The van der Waals surface area contributed by atoms with Crippen LogP contribution in [0, 0.1) is 5.82 Å². The van der Waals surface area contributed by atoms with E-state index in [1.807, 2.05) is 30.3 Å². The Morgan fingerprint density at radius 2 is 1.88 bits per heavy atom. The number of hydrogen-bond acceptors (Lipinski definition) is 4. The quantitative estimate of drug-likeness (QED) is 0.820. The minimum absolute atomic E-state index is 0.0391. The van der Waals surface area contributed by atoms with E-state index in [0.29, 0.717) is 11.7 Å². The number of para-hydroxylation sites is 1. The molecule has 2 aromatic carbocycles. The van der Waals surface area contributed by atoms with Gasteiger partial charge in [-0.05, 0) is 24.1 Å². The van der Waals surface area contributed by atoms with Crippen molar-refractivity contribution < 1.29 is 14.0 Å². The molecule has 0 radical (unpaired) electrons. The fourth-order valence-corrected chi connectivity index (χ4v) is 3.47. The van der Waals surface area contributed by atoms with Gasteiger partial charge in [0, 0.05) is 13.0 Å². The fraction of sp³-hybridized carbons (Fsp3) is 0.211. The Bertz CT molecular complexity index is 827. The molecule has 134 valence electrons. The van der Waals surface area contributed by atoms with Crippen molar-refractivity contribution in [1.82, 2.24) is 5.32 Å². The van der Waals surface area contributed by atoms with E-state index in [9.17, 15) is 14.0 Å². The summed E-state index contributed by atoms with van der Waals surface area (Å²) < 4.78 is 13.6. The van der Waals surface area contributed by atoms with Crippen molar-refractivity contribution in [2.24, 2.45) is 4.99 Å². The van der Waals surface area contributed by atoms with Crippen LogP contribution in [0.25, 0.3) is 0 Å². The van der Waals surface area contributed by atoms with Crippen molar-refractivity contribution in [3.8, 4) is 0 Å². The Hall–Kier alpha value is -2.67. The van der Waals surface area contributed by atoms with Gasteiger partial charge < -0.3 is 10.6 Å². The molecule has 0 aromatic heterocycles. The van der Waals surface area contributed by atoms with E-state index in [2.05, 4.69) is 15.6 Å². The fourth-order valence-electron chi connectivity index (χ4n) is 2.48. The summed E-state index contributed by atoms with van der Waals surface area (Å²) in [6, 6.07) is 15.9. The number of carbonyl (C=O) groups excluding carboxylic acids is 2. The van der Waals surface area contributed by atoms with Crippen LogP contribution in [0.5, 0.6) is 0 Å². The lowest BCUT2D eigenvalue weighted by Crippen LogP contribution is -2.28. The minimum atomic E-state index is -0.558. The van der Waals surface area contributed by atoms with E-state index >= 15 is 0 Å². The molecule has 3 rings (SSSR count). The summed E-state index contributed by atoms with van der Waals surface area (Å²) in [7, 11) is 0. The zero-order valence-corrected chi connectivity index (χ0v) is 14.8. The molecule has 0 bridgehead atoms. The molecule has 26 heavy (non-hydrogen) atoms. The van der Waals surface area contributed by atoms with E-state index in [1.165, 1.54) is 29.5 Å². The number of anilines is 1. The molecule has 1 heterocycles. The van der Waals surface area contributed by atoms with Gasteiger partial charge in [-0.3, -0.25) is 14.6 Å². The summed E-state index contributed by atoms with van der Waals surface area (Å²) >= 11 is 1.23. The van der Waals surface area contributed by atoms with Gasteiger partial charge in [0.05, 0.1) is 5.69 Å². The van der Waals surface area contributed by atoms with Gasteiger partial charge >= 0.3 is 0 Å². The number of hydrogen-bond donors (Lipinski definition) is 2. The second-order valence-corrected chi connectivity index (χ2v) is 6.94. The molecule has 2 amide bonds. The summed E-state index contributed by atoms with van der Waals surface area (Å²) in [6.45, 7) is 0.556. The number of amidine groups is 1. The second kappa shape index (κ2) is 8.62. The number of thioether (sulfide) groups is 1. The molecule has 2 aromatic rings. The summed E-state index contributed by atoms with van der Waals surface area (Å²) in [6.07, 6.45) is 0.738. The van der Waals surface area contributed by atoms with Crippen LogP contribution < -0.4 is 10.6 Å². The average molecular weight is 371 g/mol. The van der Waals surface area contributed by atoms with Crippen LogP contribution in [0.3, 0.4) is 0 Å². The first-order chi connectivity index (χ1) is 12.6. The molecule has 5 nitrogen and oxygen atoms in total. The van der Waals surface area contributed by atoms with Crippen LogP contribution >= 0.6 is 11.8 Å². The Labute approximate surface area is 155 Å². The number of aliphatic imine (C=N–C) groups is 1. The van der Waals surface area contributed by atoms with Gasteiger partial charge in [-0.1, -0.05) is 54.2 Å². The van der Waals surface area contributed by atoms with E-state index < -0.39 is 17.0 Å². The standard InChI is InChI=1S/C19H18FN3O2S/c20-14-8-4-5-9-15(14)22-17(24)12-16-18(25)23-19(26-16)21-11-10-13-6-2-1-3-7-13/h1-9,16H,10-12H2,(H,22,24)(H,21,23,25)/t16-/m0/s1. The number of nitrogens with one attached hydrogen (secondary N) is 2. The monoisotopic (exact) mass is 371 g/mol. The van der Waals surface area contributed by atoms with E-state index in [0.717, 1.165) is 6.42 Å². The molecule has 1 saturated heterocycles. The maximum atomic E-state index is 13.6. The molecule has 2 N–H and O–H groups in total. The lowest BCUT2D eigenvalue weighted by molar-refractivity contribution is -0.122. The van der Waals surface area contributed by atoms with Crippen LogP contribution in [0.2, 0.25) is 0 Å². The zero-order chi connectivity index (χ0) is 18.4. The molecule has 0 spiro atoms. The predicted molar refractivity (Wildman–Crippen MR) is 102 cm³/mol. The number of amides is 2. The first-order valence-corrected chi connectivity index (χ1v) is 9.10. The van der Waals surface area contributed by atoms with Crippen molar-refractivity contribution in [3.05, 3.63) is 66.0 Å². The minimum Gasteiger partial charge on any atom is -0.324 e. The highest BCUT2D eigenvalue weighted by atomic mass is 32.2. The van der Waals surface area contributed by atoms with Crippen LogP contribution in [0.4, 0.5) is 10.1 Å². The number of nitrogens with zero attached hydrogens (tertiary/aromatic N) is 1. The smallest absolute Gasteiger partial charge is 0.240 e. The molecule has 1 aliphatic rings. The van der Waals surface area contributed by atoms with Crippen LogP contribution in [-0.4, -0.2) is 28.8 Å². The van der Waals surface area contributed by atoms with Gasteiger partial charge in [0.15, 0.2) is 5.17 Å². The largest absolute Gasteiger partial charge is 0.324 e. The maximum absolute atomic E-state index is 13.6. The Morgan fingerprint density at radius 3 is 2.65 bits per heavy atom. The van der Waals surface area contributed by atoms with E-state index in [4.69, 9.17) is 0 Å². The lowest BCUT2D eigenvalue weighted by atomic mass is 10.2. The van der Waals surface area contributed by atoms with E-state index in [1.54, 1.807) is 12.1 Å². The van der Waals surface area contributed by atoms with Crippen molar-refractivity contribution >= 4 is 34.4 Å². The van der Waals surface area contributed by atoms with Gasteiger partial charge in [-0.2, -0.15) is 0 Å². The molecule has 7 heteroatoms. The molecule has 0 unspecified atom stereocenters. The molecule has 1 atom stereocenters. The third kappa shape index (κ3) is 4.92. The van der Waals surface area contributed by atoms with E-state index in [-0.39, 0.29) is 18.0 Å². The van der Waals surface area contributed by atoms with Crippen molar-refractivity contribution in [1.29, 1.82) is 0 Å². The summed E-state index contributed by atoms with van der Waals surface area (Å²) in [5.41, 5.74) is 1.28. The third-order valence-corrected chi connectivity index (χ3v) is 4.91. The molecule has 1 aliphatic heterocycles. The highest BCUT2D eigenvalue weighted by Crippen LogP contribution is 2.23. The zero-order valence-electron chi connectivity index (χ0n) is 13.9. The highest BCUT2D eigenvalue weighted by molar-refractivity contribution is 8.15. The predicted octanol–water partition coefficient (Wildman–Crippen LogP) is 2.98. The van der Waals surface area contributed by atoms with Gasteiger partial charge in [-0.15, -0.1) is 0 Å². The van der Waals surface area contributed by atoms with Gasteiger partial charge in [0.2, 0.25) is 11.8 Å². The topological polar surface area (TPSA) is 70.6 Å². The summed E-state index contributed by atoms with van der Waals surface area (Å²) in [5, 5.41) is 5.15. The number of benzene rings is 2. The van der Waals surface area contributed by atoms with Gasteiger partial charge in [-0.25, -0.2) is 4.39 Å². The maximum Gasteiger partial charge on any atom is 0.240 e. The van der Waals surface area contributed by atoms with Crippen molar-refractivity contribution in [2.45, 2.75) is 18.1 Å². The molecular formula is C19H18FN3O2S. The average Bonchev–Trinajstić information content (AvgIpc) is 2.97. The Balaban J connectivity index is 1.50. The normalized spacial score (nSPS) is 18.0. The van der Waals surface area contributed by atoms with Crippen LogP contribution in [0.1, 0.15) is 12.0 Å². The molecule has 0 saturated carbocycles. The van der Waals surface area contributed by atoms with Crippen molar-refractivity contribution in [3.63, 3.8) is 0 Å².